The van der Waals surface area contributed by atoms with Gasteiger partial charge in [-0.3, -0.25) is 4.52 Å². The first kappa shape index (κ1) is 33.3. The molecule has 1 aliphatic rings. The summed E-state index contributed by atoms with van der Waals surface area (Å²) < 4.78 is 31.9. The molecule has 2 aromatic carbocycles. The van der Waals surface area contributed by atoms with Crippen LogP contribution in [0, 0.1) is 0 Å². The van der Waals surface area contributed by atoms with Crippen molar-refractivity contribution in [3.63, 3.8) is 0 Å². The Morgan fingerprint density at radius 3 is 1.19 bits per heavy atom. The molecule has 5 heteroatoms. The fourth-order valence-electron chi connectivity index (χ4n) is 4.36. The minimum absolute atomic E-state index is 0. The Bertz CT molecular complexity index is 1080. The zero-order valence-electron chi connectivity index (χ0n) is 24.1. The quantitative estimate of drug-likeness (QED) is 0.343. The fraction of sp³-hybridized carbons (Fsp3) is 0.625. The van der Waals surface area contributed by atoms with Crippen molar-refractivity contribution in [2.24, 2.45) is 0 Å². The van der Waals surface area contributed by atoms with Crippen LogP contribution in [0.1, 0.15) is 131 Å². The lowest BCUT2D eigenvalue weighted by Gasteiger charge is -2.34. The Morgan fingerprint density at radius 2 is 0.946 bits per heavy atom. The van der Waals surface area contributed by atoms with Crippen molar-refractivity contribution in [2.75, 3.05) is 7.11 Å². The molecule has 4 nitrogen and oxygen atoms in total. The molecular weight excluding hydrogens is 479 g/mol. The van der Waals surface area contributed by atoms with Gasteiger partial charge in [0.15, 0.2) is 0 Å². The summed E-state index contributed by atoms with van der Waals surface area (Å²) >= 11 is 0. The van der Waals surface area contributed by atoms with Crippen molar-refractivity contribution in [1.82, 2.24) is 0 Å². The summed E-state index contributed by atoms with van der Waals surface area (Å²) in [4.78, 5) is 0. The zero-order valence-corrected chi connectivity index (χ0v) is 25.0. The molecule has 0 fully saturated rings. The van der Waals surface area contributed by atoms with Crippen molar-refractivity contribution < 1.29 is 18.1 Å². The van der Waals surface area contributed by atoms with E-state index < -0.39 is 7.82 Å². The lowest BCUT2D eigenvalue weighted by atomic mass is 9.76. The largest absolute Gasteiger partial charge is 0.587 e. The maximum atomic E-state index is 14.0. The number of benzene rings is 2. The Morgan fingerprint density at radius 1 is 0.622 bits per heavy atom. The molecule has 0 aliphatic carbocycles. The van der Waals surface area contributed by atoms with Crippen LogP contribution in [0.15, 0.2) is 24.3 Å². The third-order valence-electron chi connectivity index (χ3n) is 6.69. The minimum Gasteiger partial charge on any atom is -0.394 e. The van der Waals surface area contributed by atoms with Gasteiger partial charge in [0.2, 0.25) is 0 Å². The standard InChI is InChI=1S/C30H45O4P.2CH4/c1-27(2,3)21-15-19-14-20-16-22(28(4,5)6)18-24(30(10,11)12)26(20)34-35(31,32-13)33-25(19)23(17-21)29(7,8)9;;/h15-18H,14H2,1-13H3;2*1H4. The Hall–Kier alpha value is -1.77. The van der Waals surface area contributed by atoms with E-state index in [-0.39, 0.29) is 36.5 Å². The van der Waals surface area contributed by atoms with Gasteiger partial charge in [0.1, 0.15) is 11.5 Å². The van der Waals surface area contributed by atoms with E-state index in [9.17, 15) is 4.57 Å². The van der Waals surface area contributed by atoms with E-state index in [1.807, 2.05) is 0 Å². The predicted molar refractivity (Wildman–Crippen MR) is 160 cm³/mol. The van der Waals surface area contributed by atoms with E-state index in [1.54, 1.807) is 0 Å². The first-order valence-corrected chi connectivity index (χ1v) is 14.0. The molecule has 210 valence electrons. The maximum Gasteiger partial charge on any atom is 0.587 e. The second-order valence-electron chi connectivity index (χ2n) is 14.0. The van der Waals surface area contributed by atoms with Gasteiger partial charge < -0.3 is 9.05 Å². The van der Waals surface area contributed by atoms with Gasteiger partial charge in [-0.25, -0.2) is 4.57 Å². The molecule has 0 bridgehead atoms. The first-order valence-electron chi connectivity index (χ1n) is 12.6. The SMILES string of the molecule is C.C.COP1(=O)Oc2c(cc(C(C)(C)C)cc2C(C)(C)C)Cc2cc(C(C)(C)C)cc(C(C)(C)C)c2O1. The van der Waals surface area contributed by atoms with Crippen LogP contribution in [0.3, 0.4) is 0 Å². The van der Waals surface area contributed by atoms with E-state index in [2.05, 4.69) is 107 Å². The third kappa shape index (κ3) is 7.01. The van der Waals surface area contributed by atoms with Crippen molar-refractivity contribution in [2.45, 2.75) is 126 Å². The zero-order chi connectivity index (χ0) is 26.8. The summed E-state index contributed by atoms with van der Waals surface area (Å²) in [6.45, 7) is 26.2. The van der Waals surface area contributed by atoms with Crippen LogP contribution in [-0.4, -0.2) is 7.11 Å². The van der Waals surface area contributed by atoms with Crippen LogP contribution in [-0.2, 0) is 37.2 Å². The lowest BCUT2D eigenvalue weighted by Crippen LogP contribution is -2.23. The first-order chi connectivity index (χ1) is 15.7. The van der Waals surface area contributed by atoms with Gasteiger partial charge in [-0.05, 0) is 43.9 Å². The molecule has 37 heavy (non-hydrogen) atoms. The van der Waals surface area contributed by atoms with Crippen molar-refractivity contribution in [3.8, 4) is 11.5 Å². The molecular formula is C32H53O4P. The van der Waals surface area contributed by atoms with Gasteiger partial charge in [0, 0.05) is 24.7 Å². The number of rotatable bonds is 1. The van der Waals surface area contributed by atoms with Gasteiger partial charge in [-0.2, -0.15) is 0 Å². The second-order valence-corrected chi connectivity index (χ2v) is 15.6. The molecule has 0 amide bonds. The maximum absolute atomic E-state index is 14.0. The van der Waals surface area contributed by atoms with Crippen molar-refractivity contribution >= 4 is 7.82 Å². The molecule has 0 radical (unpaired) electrons. The molecule has 2 aromatic rings. The molecule has 0 spiro atoms. The highest BCUT2D eigenvalue weighted by Crippen LogP contribution is 2.56. The lowest BCUT2D eigenvalue weighted by molar-refractivity contribution is 0.243. The smallest absolute Gasteiger partial charge is 0.394 e. The molecule has 0 saturated carbocycles. The van der Waals surface area contributed by atoms with Crippen LogP contribution in [0.5, 0.6) is 11.5 Å². The highest BCUT2D eigenvalue weighted by atomic mass is 31.2. The Kier molecular flexibility index (Phi) is 9.37. The highest BCUT2D eigenvalue weighted by molar-refractivity contribution is 7.49. The molecule has 0 saturated heterocycles. The number of fused-ring (bicyclic) bond motifs is 2. The van der Waals surface area contributed by atoms with E-state index in [1.165, 1.54) is 18.2 Å². The average Bonchev–Trinajstić information content (AvgIpc) is 2.65. The Labute approximate surface area is 228 Å². The fourth-order valence-corrected chi connectivity index (χ4v) is 5.42. The summed E-state index contributed by atoms with van der Waals surface area (Å²) in [5, 5.41) is 0. The monoisotopic (exact) mass is 532 g/mol. The molecule has 1 heterocycles. The molecule has 3 rings (SSSR count). The van der Waals surface area contributed by atoms with E-state index >= 15 is 0 Å². The molecule has 0 unspecified atom stereocenters. The predicted octanol–water partition coefficient (Wildman–Crippen LogP) is 10.3. The van der Waals surface area contributed by atoms with Gasteiger partial charge in [-0.1, -0.05) is 122 Å². The number of phosphoric ester groups is 1. The molecule has 0 aromatic heterocycles. The number of phosphoric acid groups is 1. The van der Waals surface area contributed by atoms with Crippen LogP contribution in [0.25, 0.3) is 0 Å². The van der Waals surface area contributed by atoms with Crippen molar-refractivity contribution in [3.05, 3.63) is 57.6 Å². The van der Waals surface area contributed by atoms with Crippen LogP contribution >= 0.6 is 7.82 Å². The Balaban J connectivity index is 0.00000342. The van der Waals surface area contributed by atoms with Gasteiger partial charge in [0.25, 0.3) is 0 Å². The van der Waals surface area contributed by atoms with Gasteiger partial charge in [0.05, 0.1) is 0 Å². The minimum atomic E-state index is -3.93. The average molecular weight is 533 g/mol. The summed E-state index contributed by atoms with van der Waals surface area (Å²) in [6.07, 6.45) is 0.619. The summed E-state index contributed by atoms with van der Waals surface area (Å²) in [5.41, 5.74) is 5.93. The summed E-state index contributed by atoms with van der Waals surface area (Å²) in [5.74, 6) is 1.22. The van der Waals surface area contributed by atoms with Gasteiger partial charge in [-0.15, -0.1) is 0 Å². The number of hydrogen-bond acceptors (Lipinski definition) is 4. The molecule has 0 atom stereocenters. The van der Waals surface area contributed by atoms with Crippen molar-refractivity contribution in [1.29, 1.82) is 0 Å². The van der Waals surface area contributed by atoms with E-state index in [0.29, 0.717) is 17.9 Å². The number of hydrogen-bond donors (Lipinski definition) is 0. The summed E-state index contributed by atoms with van der Waals surface area (Å²) in [6, 6.07) is 8.79. The summed E-state index contributed by atoms with van der Waals surface area (Å²) in [7, 11) is -2.54. The van der Waals surface area contributed by atoms with E-state index in [0.717, 1.165) is 22.3 Å². The van der Waals surface area contributed by atoms with Crippen LogP contribution in [0.4, 0.5) is 0 Å². The van der Waals surface area contributed by atoms with Crippen LogP contribution < -0.4 is 9.05 Å². The molecule has 1 aliphatic heterocycles. The third-order valence-corrected chi connectivity index (χ3v) is 7.95. The molecule has 0 N–H and O–H groups in total. The van der Waals surface area contributed by atoms with Gasteiger partial charge >= 0.3 is 7.82 Å². The topological polar surface area (TPSA) is 44.8 Å². The highest BCUT2D eigenvalue weighted by Gasteiger charge is 2.39. The second kappa shape index (κ2) is 10.4. The normalized spacial score (nSPS) is 15.5. The van der Waals surface area contributed by atoms with Crippen LogP contribution in [0.2, 0.25) is 0 Å². The van der Waals surface area contributed by atoms with E-state index in [4.69, 9.17) is 13.6 Å².